The quantitative estimate of drug-likeness (QED) is 0.420. The van der Waals surface area contributed by atoms with E-state index < -0.39 is 18.0 Å². The van der Waals surface area contributed by atoms with Gasteiger partial charge < -0.3 is 19.9 Å². The molecule has 1 heterocycles. The topological polar surface area (TPSA) is 84.9 Å². The molecule has 0 spiro atoms. The summed E-state index contributed by atoms with van der Waals surface area (Å²) in [5, 5.41) is 11.4. The summed E-state index contributed by atoms with van der Waals surface area (Å²) >= 11 is 0. The van der Waals surface area contributed by atoms with Crippen LogP contribution in [0.1, 0.15) is 0 Å². The number of nitrogens with one attached hydrogen (secondary N) is 1. The highest BCUT2D eigenvalue weighted by Gasteiger charge is 2.24. The molecule has 0 aromatic heterocycles. The molecular formula is C8H11NO5. The molecule has 1 saturated heterocycles. The van der Waals surface area contributed by atoms with Crippen molar-refractivity contribution < 1.29 is 24.2 Å². The maximum Gasteiger partial charge on any atom is 0.355 e. The van der Waals surface area contributed by atoms with Gasteiger partial charge in [0.05, 0.1) is 26.3 Å². The van der Waals surface area contributed by atoms with Crippen LogP contribution >= 0.6 is 0 Å². The van der Waals surface area contributed by atoms with Crippen LogP contribution in [0.3, 0.4) is 0 Å². The van der Waals surface area contributed by atoms with Crippen LogP contribution in [0.4, 0.5) is 0 Å². The molecule has 0 aromatic rings. The van der Waals surface area contributed by atoms with E-state index >= 15 is 0 Å². The number of hydrogen-bond donors (Lipinski definition) is 2. The van der Waals surface area contributed by atoms with Crippen molar-refractivity contribution in [3.8, 4) is 0 Å². The highest BCUT2D eigenvalue weighted by atomic mass is 16.6. The van der Waals surface area contributed by atoms with Crippen LogP contribution in [0.25, 0.3) is 0 Å². The van der Waals surface area contributed by atoms with Crippen molar-refractivity contribution >= 4 is 11.9 Å². The molecule has 1 rings (SSSR count). The fourth-order valence-corrected chi connectivity index (χ4v) is 0.941. The van der Waals surface area contributed by atoms with Crippen LogP contribution in [0.5, 0.6) is 0 Å². The van der Waals surface area contributed by atoms with Crippen molar-refractivity contribution in [2.45, 2.75) is 6.10 Å². The van der Waals surface area contributed by atoms with Gasteiger partial charge in [0.25, 0.3) is 0 Å². The van der Waals surface area contributed by atoms with Gasteiger partial charge in [-0.25, -0.2) is 9.59 Å². The van der Waals surface area contributed by atoms with Gasteiger partial charge in [-0.05, 0) is 0 Å². The monoisotopic (exact) mass is 201 g/mol. The number of esters is 2. The Morgan fingerprint density at radius 3 is 3.07 bits per heavy atom. The van der Waals surface area contributed by atoms with Crippen LogP contribution in [0, 0.1) is 0 Å². The predicted molar refractivity (Wildman–Crippen MR) is 45.1 cm³/mol. The van der Waals surface area contributed by atoms with E-state index in [9.17, 15) is 9.59 Å². The van der Waals surface area contributed by atoms with E-state index in [1.165, 1.54) is 7.11 Å². The Balaban J connectivity index is 2.62. The van der Waals surface area contributed by atoms with Crippen molar-refractivity contribution in [3.63, 3.8) is 0 Å². The molecule has 1 fully saturated rings. The van der Waals surface area contributed by atoms with Crippen LogP contribution < -0.4 is 5.32 Å². The minimum atomic E-state index is -0.666. The minimum absolute atomic E-state index is 0.0431. The smallest absolute Gasteiger partial charge is 0.355 e. The van der Waals surface area contributed by atoms with Crippen molar-refractivity contribution in [3.05, 3.63) is 11.8 Å². The second-order valence-corrected chi connectivity index (χ2v) is 2.67. The van der Waals surface area contributed by atoms with Gasteiger partial charge in [-0.2, -0.15) is 0 Å². The molecule has 1 aliphatic heterocycles. The zero-order valence-corrected chi connectivity index (χ0v) is 7.65. The standard InChI is InChI=1S/C8H11NO5/c1-13-7(11)2-6-8(12)14-5(4-10)3-9-6/h2,5,9-10H,3-4H2,1H3. The molecule has 78 valence electrons. The van der Waals surface area contributed by atoms with Crippen LogP contribution in [0.15, 0.2) is 11.8 Å². The second-order valence-electron chi connectivity index (χ2n) is 2.67. The molecule has 0 radical (unpaired) electrons. The third-order valence-corrected chi connectivity index (χ3v) is 1.68. The third kappa shape index (κ3) is 2.46. The van der Waals surface area contributed by atoms with Gasteiger partial charge in [-0.15, -0.1) is 0 Å². The van der Waals surface area contributed by atoms with E-state index in [2.05, 4.69) is 10.1 Å². The summed E-state index contributed by atoms with van der Waals surface area (Å²) in [5.41, 5.74) is 0.0431. The first kappa shape index (κ1) is 10.5. The lowest BCUT2D eigenvalue weighted by Gasteiger charge is -2.23. The third-order valence-electron chi connectivity index (χ3n) is 1.68. The summed E-state index contributed by atoms with van der Waals surface area (Å²) in [4.78, 5) is 21.9. The SMILES string of the molecule is COC(=O)C=C1NCC(CO)OC1=O. The lowest BCUT2D eigenvalue weighted by molar-refractivity contribution is -0.150. The summed E-state index contributed by atoms with van der Waals surface area (Å²) < 4.78 is 9.11. The number of methoxy groups -OCH3 is 1. The molecule has 0 amide bonds. The fraction of sp³-hybridized carbons (Fsp3) is 0.500. The Bertz CT molecular complexity index is 273. The van der Waals surface area contributed by atoms with Gasteiger partial charge in [0.1, 0.15) is 11.8 Å². The molecular weight excluding hydrogens is 190 g/mol. The van der Waals surface area contributed by atoms with Crippen LogP contribution in [-0.4, -0.2) is 43.4 Å². The van der Waals surface area contributed by atoms with Crippen molar-refractivity contribution in [2.75, 3.05) is 20.3 Å². The van der Waals surface area contributed by atoms with Gasteiger partial charge in [-0.3, -0.25) is 0 Å². The van der Waals surface area contributed by atoms with E-state index in [0.717, 1.165) is 6.08 Å². The summed E-state index contributed by atoms with van der Waals surface area (Å²) in [5.74, 6) is -1.30. The molecule has 0 aliphatic carbocycles. The average molecular weight is 201 g/mol. The van der Waals surface area contributed by atoms with Crippen molar-refractivity contribution in [1.82, 2.24) is 5.32 Å². The second kappa shape index (κ2) is 4.61. The van der Waals surface area contributed by atoms with Gasteiger partial charge in [-0.1, -0.05) is 0 Å². The summed E-state index contributed by atoms with van der Waals surface area (Å²) in [6, 6.07) is 0. The number of rotatable bonds is 2. The Hall–Kier alpha value is -1.56. The maximum absolute atomic E-state index is 11.1. The molecule has 6 nitrogen and oxygen atoms in total. The number of ether oxygens (including phenoxy) is 2. The predicted octanol–water partition coefficient (Wildman–Crippen LogP) is -1.45. The first-order valence-corrected chi connectivity index (χ1v) is 4.02. The molecule has 1 aliphatic rings. The largest absolute Gasteiger partial charge is 0.466 e. The summed E-state index contributed by atoms with van der Waals surface area (Å²) in [6.45, 7) is 0.0370. The normalized spacial score (nSPS) is 24.0. The molecule has 0 aromatic carbocycles. The van der Waals surface area contributed by atoms with Crippen molar-refractivity contribution in [1.29, 1.82) is 0 Å². The molecule has 1 unspecified atom stereocenters. The number of carbonyl (C=O) groups excluding carboxylic acids is 2. The number of aliphatic hydroxyl groups is 1. The molecule has 14 heavy (non-hydrogen) atoms. The Kier molecular flexibility index (Phi) is 3.47. The van der Waals surface area contributed by atoms with E-state index in [1.54, 1.807) is 0 Å². The van der Waals surface area contributed by atoms with E-state index in [0.29, 0.717) is 0 Å². The van der Waals surface area contributed by atoms with Gasteiger partial charge in [0, 0.05) is 0 Å². The number of hydrogen-bond acceptors (Lipinski definition) is 6. The molecule has 0 saturated carbocycles. The van der Waals surface area contributed by atoms with Crippen molar-refractivity contribution in [2.24, 2.45) is 0 Å². The average Bonchev–Trinajstić information content (AvgIpc) is 2.20. The minimum Gasteiger partial charge on any atom is -0.466 e. The first-order valence-electron chi connectivity index (χ1n) is 4.02. The molecule has 6 heteroatoms. The van der Waals surface area contributed by atoms with Gasteiger partial charge in [0.2, 0.25) is 0 Å². The van der Waals surface area contributed by atoms with Gasteiger partial charge in [0.15, 0.2) is 0 Å². The lowest BCUT2D eigenvalue weighted by Crippen LogP contribution is -2.42. The Morgan fingerprint density at radius 2 is 2.57 bits per heavy atom. The zero-order valence-electron chi connectivity index (χ0n) is 7.65. The molecule has 0 bridgehead atoms. The van der Waals surface area contributed by atoms with Crippen LogP contribution in [0.2, 0.25) is 0 Å². The zero-order chi connectivity index (χ0) is 10.6. The van der Waals surface area contributed by atoms with E-state index in [-0.39, 0.29) is 18.8 Å². The maximum atomic E-state index is 11.1. The van der Waals surface area contributed by atoms with E-state index in [1.807, 2.05) is 0 Å². The number of carbonyl (C=O) groups is 2. The number of cyclic esters (lactones) is 1. The number of aliphatic hydroxyl groups excluding tert-OH is 1. The highest BCUT2D eigenvalue weighted by Crippen LogP contribution is 2.05. The van der Waals surface area contributed by atoms with Crippen LogP contribution in [-0.2, 0) is 19.1 Å². The lowest BCUT2D eigenvalue weighted by atomic mass is 10.3. The fourth-order valence-electron chi connectivity index (χ4n) is 0.941. The first-order chi connectivity index (χ1) is 6.67. The number of morpholine rings is 1. The Labute approximate surface area is 80.5 Å². The summed E-state index contributed by atoms with van der Waals surface area (Å²) in [7, 11) is 1.21. The van der Waals surface area contributed by atoms with Gasteiger partial charge >= 0.3 is 11.9 Å². The molecule has 1 atom stereocenters. The highest BCUT2D eigenvalue weighted by molar-refractivity contribution is 5.96. The molecule has 2 N–H and O–H groups in total. The Morgan fingerprint density at radius 1 is 1.86 bits per heavy atom. The van der Waals surface area contributed by atoms with E-state index in [4.69, 9.17) is 9.84 Å². The summed E-state index contributed by atoms with van der Waals surface area (Å²) in [6.07, 6.45) is 0.452.